The summed E-state index contributed by atoms with van der Waals surface area (Å²) in [5.74, 6) is -3.01. The van der Waals surface area contributed by atoms with E-state index in [1.807, 2.05) is 53.1 Å². The number of hydrogen-bond donors (Lipinski definition) is 0. The summed E-state index contributed by atoms with van der Waals surface area (Å²) in [7, 11) is 0. The molecule has 10 heteroatoms. The fraction of sp³-hybridized carbons (Fsp3) is 0.467. The summed E-state index contributed by atoms with van der Waals surface area (Å²) in [6.07, 6.45) is 8.80. The van der Waals surface area contributed by atoms with Gasteiger partial charge in [0, 0.05) is 36.9 Å². The number of amides is 1. The number of aromatic nitrogens is 2. The zero-order chi connectivity index (χ0) is 29.9. The molecular weight excluding hydrogens is 523 g/mol. The molecule has 2 aromatic heterocycles. The van der Waals surface area contributed by atoms with Gasteiger partial charge >= 0.3 is 12.3 Å². The van der Waals surface area contributed by atoms with Gasteiger partial charge in [-0.3, -0.25) is 9.97 Å². The molecule has 2 aromatic rings. The number of nitrogens with zero attached hydrogens (tertiary/aromatic N) is 3. The fourth-order valence-corrected chi connectivity index (χ4v) is 4.01. The van der Waals surface area contributed by atoms with E-state index in [4.69, 9.17) is 14.6 Å². The van der Waals surface area contributed by atoms with E-state index in [0.29, 0.717) is 13.1 Å². The zero-order valence-electron chi connectivity index (χ0n) is 23.7. The number of carbonyl (C=O) groups is 2. The Hall–Kier alpha value is -3.69. The molecule has 0 aromatic carbocycles. The molecule has 7 nitrogen and oxygen atoms in total. The Morgan fingerprint density at radius 2 is 1.43 bits per heavy atom. The number of carbonyl (C=O) groups excluding carboxylic acids is 2. The number of ether oxygens (including phenoxy) is 1. The molecule has 3 heterocycles. The molecule has 1 amide bonds. The maximum absolute atomic E-state index is 12.0. The molecule has 4 rings (SSSR count). The number of rotatable bonds is 2. The van der Waals surface area contributed by atoms with Crippen molar-refractivity contribution < 1.29 is 32.6 Å². The van der Waals surface area contributed by atoms with E-state index in [-0.39, 0.29) is 6.09 Å². The molecule has 1 aliphatic heterocycles. The van der Waals surface area contributed by atoms with Gasteiger partial charge in [-0.25, -0.2) is 4.79 Å². The van der Waals surface area contributed by atoms with Gasteiger partial charge in [-0.05, 0) is 113 Å². The summed E-state index contributed by atoms with van der Waals surface area (Å²) in [4.78, 5) is 30.9. The minimum Gasteiger partial charge on any atom is -0.542 e. The lowest BCUT2D eigenvalue weighted by Crippen LogP contribution is -2.39. The van der Waals surface area contributed by atoms with Gasteiger partial charge in [0.05, 0.1) is 0 Å². The van der Waals surface area contributed by atoms with Crippen LogP contribution in [0.5, 0.6) is 0 Å². The van der Waals surface area contributed by atoms with Crippen molar-refractivity contribution in [2.75, 3.05) is 13.1 Å². The van der Waals surface area contributed by atoms with Gasteiger partial charge in [0.1, 0.15) is 11.6 Å². The lowest BCUT2D eigenvalue weighted by molar-refractivity contribution is -0.344. The Labute approximate surface area is 233 Å². The number of carboxylic acids is 1. The average Bonchev–Trinajstić information content (AvgIpc) is 2.88. The minimum absolute atomic E-state index is 0.237. The van der Waals surface area contributed by atoms with Crippen molar-refractivity contribution in [2.45, 2.75) is 78.5 Å². The van der Waals surface area contributed by atoms with Crippen molar-refractivity contribution in [1.29, 1.82) is 0 Å². The van der Waals surface area contributed by atoms with Gasteiger partial charge in [0.15, 0.2) is 0 Å². The standard InChI is InChI=1S/C16H22N2O2.C12H15N.C2HF3O2/c1-12-11-14(5-8-17-12)13-6-9-18(10-7-13)15(19)20-16(2,3)4;1-10-9-12(7-8-13-10)11-5-3-2-4-6-11;3-2(4,5)1(6)7/h5-6,8,11H,7,9-10H2,1-4H3;5,7-9H,2-4,6H2,1H3;(H,6,7)/p-1. The lowest BCUT2D eigenvalue weighted by atomic mass is 9.94. The highest BCUT2D eigenvalue weighted by molar-refractivity contribution is 5.73. The Morgan fingerprint density at radius 1 is 0.900 bits per heavy atom. The summed E-state index contributed by atoms with van der Waals surface area (Å²) >= 11 is 0. The van der Waals surface area contributed by atoms with Gasteiger partial charge in [-0.2, -0.15) is 13.2 Å². The normalized spacial score (nSPS) is 15.3. The SMILES string of the molecule is Cc1cc(C2=CCCCC2)ccn1.Cc1cc(C2=CCN(C(=O)OC(C)(C)C)CC2)ccn1.O=C([O-])C(F)(F)F. The Bertz CT molecular complexity index is 1220. The number of aliphatic carboxylic acids is 1. The fourth-order valence-electron chi connectivity index (χ4n) is 4.01. The highest BCUT2D eigenvalue weighted by atomic mass is 19.4. The number of halogens is 3. The molecule has 218 valence electrons. The summed E-state index contributed by atoms with van der Waals surface area (Å²) < 4.78 is 36.9. The molecule has 2 aliphatic rings. The van der Waals surface area contributed by atoms with Crippen molar-refractivity contribution in [3.8, 4) is 0 Å². The van der Waals surface area contributed by atoms with E-state index in [2.05, 4.69) is 40.3 Å². The third-order valence-corrected chi connectivity index (χ3v) is 5.92. The van der Waals surface area contributed by atoms with E-state index in [0.717, 1.165) is 17.8 Å². The molecule has 0 unspecified atom stereocenters. The largest absolute Gasteiger partial charge is 0.542 e. The molecule has 0 radical (unpaired) electrons. The molecule has 0 spiro atoms. The maximum Gasteiger partial charge on any atom is 0.430 e. The van der Waals surface area contributed by atoms with E-state index >= 15 is 0 Å². The average molecular weight is 561 g/mol. The third kappa shape index (κ3) is 11.6. The second kappa shape index (κ2) is 14.6. The lowest BCUT2D eigenvalue weighted by Gasteiger charge is -2.29. The quantitative estimate of drug-likeness (QED) is 0.443. The zero-order valence-corrected chi connectivity index (χ0v) is 23.7. The number of pyridine rings is 2. The summed E-state index contributed by atoms with van der Waals surface area (Å²) in [6.45, 7) is 11.0. The van der Waals surface area contributed by atoms with Crippen LogP contribution in [0.3, 0.4) is 0 Å². The second-order valence-corrected chi connectivity index (χ2v) is 10.5. The molecule has 0 atom stereocenters. The Morgan fingerprint density at radius 3 is 1.80 bits per heavy atom. The van der Waals surface area contributed by atoms with E-state index in [9.17, 15) is 18.0 Å². The van der Waals surface area contributed by atoms with Crippen LogP contribution >= 0.6 is 0 Å². The molecule has 0 N–H and O–H groups in total. The monoisotopic (exact) mass is 560 g/mol. The predicted octanol–water partition coefficient (Wildman–Crippen LogP) is 6.06. The highest BCUT2D eigenvalue weighted by Gasteiger charge is 2.29. The summed E-state index contributed by atoms with van der Waals surface area (Å²) in [5, 5.41) is 8.78. The molecule has 0 saturated carbocycles. The Kier molecular flexibility index (Phi) is 11.9. The van der Waals surface area contributed by atoms with Crippen LogP contribution in [0.25, 0.3) is 11.1 Å². The van der Waals surface area contributed by atoms with Crippen LogP contribution in [0.2, 0.25) is 0 Å². The van der Waals surface area contributed by atoms with Crippen molar-refractivity contribution in [3.63, 3.8) is 0 Å². The van der Waals surface area contributed by atoms with Crippen molar-refractivity contribution in [3.05, 3.63) is 71.3 Å². The maximum atomic E-state index is 12.0. The molecular formula is C30H37F3N3O4-. The molecule has 40 heavy (non-hydrogen) atoms. The number of carboxylic acid groups (broad SMARTS) is 1. The molecule has 0 bridgehead atoms. The van der Waals surface area contributed by atoms with Crippen molar-refractivity contribution in [1.82, 2.24) is 14.9 Å². The highest BCUT2D eigenvalue weighted by Crippen LogP contribution is 2.26. The number of allylic oxidation sites excluding steroid dienone is 2. The number of aryl methyl sites for hydroxylation is 2. The topological polar surface area (TPSA) is 95.5 Å². The summed E-state index contributed by atoms with van der Waals surface area (Å²) in [6, 6.07) is 8.39. The van der Waals surface area contributed by atoms with Crippen LogP contribution in [0.1, 0.15) is 75.4 Å². The second-order valence-electron chi connectivity index (χ2n) is 10.5. The van der Waals surface area contributed by atoms with Gasteiger partial charge < -0.3 is 19.5 Å². The number of hydrogen-bond acceptors (Lipinski definition) is 6. The number of alkyl halides is 3. The van der Waals surface area contributed by atoms with Gasteiger partial charge in [-0.1, -0.05) is 12.2 Å². The smallest absolute Gasteiger partial charge is 0.430 e. The summed E-state index contributed by atoms with van der Waals surface area (Å²) in [5.41, 5.74) is 7.03. The first kappa shape index (κ1) is 32.5. The Balaban J connectivity index is 0.000000239. The first-order valence-corrected chi connectivity index (χ1v) is 13.2. The first-order chi connectivity index (χ1) is 18.7. The van der Waals surface area contributed by atoms with Crippen LogP contribution in [-0.4, -0.2) is 51.8 Å². The molecule has 0 fully saturated rings. The van der Waals surface area contributed by atoms with Crippen LogP contribution in [-0.2, 0) is 9.53 Å². The third-order valence-electron chi connectivity index (χ3n) is 5.92. The van der Waals surface area contributed by atoms with Gasteiger partial charge in [0.25, 0.3) is 0 Å². The minimum atomic E-state index is -5.19. The van der Waals surface area contributed by atoms with E-state index in [1.54, 1.807) is 4.90 Å². The van der Waals surface area contributed by atoms with E-state index < -0.39 is 17.7 Å². The van der Waals surface area contributed by atoms with Gasteiger partial charge in [0.2, 0.25) is 0 Å². The van der Waals surface area contributed by atoms with Crippen LogP contribution in [0.15, 0.2) is 48.8 Å². The van der Waals surface area contributed by atoms with Crippen molar-refractivity contribution in [2.24, 2.45) is 0 Å². The molecule has 0 saturated heterocycles. The van der Waals surface area contributed by atoms with Crippen LogP contribution in [0, 0.1) is 13.8 Å². The van der Waals surface area contributed by atoms with Crippen LogP contribution < -0.4 is 5.11 Å². The van der Waals surface area contributed by atoms with Crippen LogP contribution in [0.4, 0.5) is 18.0 Å². The van der Waals surface area contributed by atoms with Gasteiger partial charge in [-0.15, -0.1) is 0 Å². The van der Waals surface area contributed by atoms with E-state index in [1.165, 1.54) is 48.0 Å². The molecule has 1 aliphatic carbocycles. The first-order valence-electron chi connectivity index (χ1n) is 13.2. The predicted molar refractivity (Wildman–Crippen MR) is 146 cm³/mol. The van der Waals surface area contributed by atoms with Crippen molar-refractivity contribution >= 4 is 23.2 Å².